The van der Waals surface area contributed by atoms with E-state index in [1.807, 2.05) is 6.08 Å². The van der Waals surface area contributed by atoms with Crippen LogP contribution in [0.5, 0.6) is 0 Å². The Balaban J connectivity index is 3.50. The maximum atomic E-state index is 12.4. The molecule has 0 aliphatic carbocycles. The van der Waals surface area contributed by atoms with Gasteiger partial charge in [-0.15, -0.1) is 0 Å². The van der Waals surface area contributed by atoms with Gasteiger partial charge in [0.25, 0.3) is 0 Å². The van der Waals surface area contributed by atoms with Crippen LogP contribution in [0.4, 0.5) is 0 Å². The number of hydrogen-bond acceptors (Lipinski definition) is 5. The molecule has 6 heteroatoms. The summed E-state index contributed by atoms with van der Waals surface area (Å²) in [7, 11) is 0. The molecule has 0 aromatic heterocycles. The van der Waals surface area contributed by atoms with Crippen LogP contribution in [-0.2, 0) is 14.3 Å². The third kappa shape index (κ3) is 43.5. The van der Waals surface area contributed by atoms with Crippen molar-refractivity contribution in [2.24, 2.45) is 0 Å². The molecule has 0 bridgehead atoms. The molecule has 0 spiro atoms. The minimum atomic E-state index is -0.849. The van der Waals surface area contributed by atoms with Crippen molar-refractivity contribution in [1.82, 2.24) is 5.32 Å². The number of amides is 1. The van der Waals surface area contributed by atoms with Crippen LogP contribution in [0.2, 0.25) is 0 Å². The predicted octanol–water partition coefficient (Wildman–Crippen LogP) is 14.5. The van der Waals surface area contributed by atoms with Gasteiger partial charge in [0, 0.05) is 12.8 Å². The molecule has 0 aliphatic rings. The van der Waals surface area contributed by atoms with Gasteiger partial charge in [0.05, 0.1) is 25.4 Å². The minimum absolute atomic E-state index is 0.0154. The van der Waals surface area contributed by atoms with Crippen molar-refractivity contribution >= 4 is 11.9 Å². The molecule has 6 nitrogen and oxygen atoms in total. The summed E-state index contributed by atoms with van der Waals surface area (Å²) in [6.07, 6.45) is 55.8. The molecule has 334 valence electrons. The minimum Gasteiger partial charge on any atom is -0.466 e. The summed E-state index contributed by atoms with van der Waals surface area (Å²) in [6, 6.07) is -0.633. The van der Waals surface area contributed by atoms with Gasteiger partial charge in [0.15, 0.2) is 0 Å². The second kappa shape index (κ2) is 46.8. The average molecular weight is 802 g/mol. The zero-order valence-corrected chi connectivity index (χ0v) is 37.8. The number of rotatable bonds is 45. The van der Waals surface area contributed by atoms with Crippen molar-refractivity contribution in [3.63, 3.8) is 0 Å². The number of esters is 1. The van der Waals surface area contributed by atoms with Gasteiger partial charge < -0.3 is 20.3 Å². The lowest BCUT2D eigenvalue weighted by Gasteiger charge is -2.20. The summed E-state index contributed by atoms with van der Waals surface area (Å²) in [5.74, 6) is -0.0962. The molecule has 0 aromatic carbocycles. The van der Waals surface area contributed by atoms with Crippen LogP contribution in [-0.4, -0.2) is 47.4 Å². The first-order valence-corrected chi connectivity index (χ1v) is 24.8. The smallest absolute Gasteiger partial charge is 0.305 e. The van der Waals surface area contributed by atoms with Gasteiger partial charge in [-0.05, 0) is 64.2 Å². The topological polar surface area (TPSA) is 95.9 Å². The van der Waals surface area contributed by atoms with Crippen LogP contribution in [0.1, 0.15) is 251 Å². The third-order valence-corrected chi connectivity index (χ3v) is 11.2. The Labute approximate surface area is 353 Å². The van der Waals surface area contributed by atoms with E-state index in [-0.39, 0.29) is 18.5 Å². The summed E-state index contributed by atoms with van der Waals surface area (Å²) in [4.78, 5) is 24.3. The summed E-state index contributed by atoms with van der Waals surface area (Å²) in [5, 5.41) is 22.9. The Kier molecular flexibility index (Phi) is 45.2. The average Bonchev–Trinajstić information content (AvgIpc) is 3.21. The molecule has 0 aliphatic heterocycles. The number of aliphatic hydroxyl groups is 2. The van der Waals surface area contributed by atoms with Crippen LogP contribution in [0.3, 0.4) is 0 Å². The Morgan fingerprint density at radius 1 is 0.491 bits per heavy atom. The van der Waals surface area contributed by atoms with Gasteiger partial charge in [0.1, 0.15) is 0 Å². The number of ether oxygens (including phenoxy) is 1. The SMILES string of the molecule is CCCCCCCCCC/C=C/C(O)C(CO)NC(=O)CCCCCCCCCCCC/C=C\C=C/CCCCCOC(=O)CCCCCCCCCCCCC. The fourth-order valence-corrected chi connectivity index (χ4v) is 7.33. The molecular weight excluding hydrogens is 707 g/mol. The maximum absolute atomic E-state index is 12.4. The molecule has 1 amide bonds. The summed E-state index contributed by atoms with van der Waals surface area (Å²) in [5.41, 5.74) is 0. The zero-order valence-electron chi connectivity index (χ0n) is 37.8. The van der Waals surface area contributed by atoms with Gasteiger partial charge in [-0.1, -0.05) is 211 Å². The first-order valence-electron chi connectivity index (χ1n) is 24.8. The summed E-state index contributed by atoms with van der Waals surface area (Å²) >= 11 is 0. The Morgan fingerprint density at radius 2 is 0.860 bits per heavy atom. The molecule has 57 heavy (non-hydrogen) atoms. The van der Waals surface area contributed by atoms with Crippen LogP contribution >= 0.6 is 0 Å². The van der Waals surface area contributed by atoms with Gasteiger partial charge in [-0.3, -0.25) is 9.59 Å². The van der Waals surface area contributed by atoms with Gasteiger partial charge >= 0.3 is 5.97 Å². The van der Waals surface area contributed by atoms with Crippen molar-refractivity contribution in [2.75, 3.05) is 13.2 Å². The van der Waals surface area contributed by atoms with E-state index in [9.17, 15) is 19.8 Å². The number of unbranched alkanes of at least 4 members (excludes halogenated alkanes) is 31. The standard InChI is InChI=1S/C51H95NO5/c1-3-5-7-9-11-13-24-29-33-37-41-45-51(56)57-46-42-38-34-30-26-23-21-19-17-15-16-18-20-22-25-28-32-36-40-44-50(55)52-48(47-53)49(54)43-39-35-31-27-14-12-10-8-6-4-2/h19,21,23,26,39,43,48-49,53-54H,3-18,20,22,24-25,27-38,40-42,44-47H2,1-2H3,(H,52,55)/b21-19-,26-23-,43-39+. The third-order valence-electron chi connectivity index (χ3n) is 11.2. The van der Waals surface area contributed by atoms with Crippen LogP contribution in [0, 0.1) is 0 Å². The van der Waals surface area contributed by atoms with E-state index in [0.29, 0.717) is 19.4 Å². The van der Waals surface area contributed by atoms with E-state index >= 15 is 0 Å². The van der Waals surface area contributed by atoms with E-state index in [1.165, 1.54) is 148 Å². The normalized spacial score (nSPS) is 13.0. The largest absolute Gasteiger partial charge is 0.466 e. The monoisotopic (exact) mass is 802 g/mol. The van der Waals surface area contributed by atoms with Crippen molar-refractivity contribution in [1.29, 1.82) is 0 Å². The molecule has 0 saturated carbocycles. The maximum Gasteiger partial charge on any atom is 0.305 e. The van der Waals surface area contributed by atoms with Crippen molar-refractivity contribution in [3.8, 4) is 0 Å². The fraction of sp³-hybridized carbons (Fsp3) is 0.843. The molecule has 0 heterocycles. The molecule has 0 aromatic rings. The second-order valence-electron chi connectivity index (χ2n) is 16.8. The highest BCUT2D eigenvalue weighted by molar-refractivity contribution is 5.76. The second-order valence-corrected chi connectivity index (χ2v) is 16.8. The van der Waals surface area contributed by atoms with E-state index < -0.39 is 12.1 Å². The van der Waals surface area contributed by atoms with E-state index in [0.717, 1.165) is 77.0 Å². The lowest BCUT2D eigenvalue weighted by Crippen LogP contribution is -2.45. The summed E-state index contributed by atoms with van der Waals surface area (Å²) in [6.45, 7) is 4.82. The van der Waals surface area contributed by atoms with Crippen LogP contribution in [0.15, 0.2) is 36.5 Å². The van der Waals surface area contributed by atoms with E-state index in [1.54, 1.807) is 6.08 Å². The fourth-order valence-electron chi connectivity index (χ4n) is 7.33. The number of carbonyl (C=O) groups is 2. The zero-order chi connectivity index (χ0) is 41.5. The molecule has 0 saturated heterocycles. The van der Waals surface area contributed by atoms with Crippen molar-refractivity contribution in [3.05, 3.63) is 36.5 Å². The highest BCUT2D eigenvalue weighted by atomic mass is 16.5. The van der Waals surface area contributed by atoms with Crippen LogP contribution in [0.25, 0.3) is 0 Å². The predicted molar refractivity (Wildman–Crippen MR) is 246 cm³/mol. The quantitative estimate of drug-likeness (QED) is 0.0247. The lowest BCUT2D eigenvalue weighted by atomic mass is 10.0. The van der Waals surface area contributed by atoms with E-state index in [4.69, 9.17) is 4.74 Å². The molecule has 0 radical (unpaired) electrons. The van der Waals surface area contributed by atoms with Gasteiger partial charge in [0.2, 0.25) is 5.91 Å². The molecule has 3 N–H and O–H groups in total. The number of allylic oxidation sites excluding steroid dienone is 5. The number of carbonyl (C=O) groups excluding carboxylic acids is 2. The lowest BCUT2D eigenvalue weighted by molar-refractivity contribution is -0.143. The number of hydrogen-bond donors (Lipinski definition) is 3. The number of aliphatic hydroxyl groups excluding tert-OH is 2. The van der Waals surface area contributed by atoms with E-state index in [2.05, 4.69) is 43.5 Å². The van der Waals surface area contributed by atoms with Gasteiger partial charge in [-0.2, -0.15) is 0 Å². The van der Waals surface area contributed by atoms with Gasteiger partial charge in [-0.25, -0.2) is 0 Å². The highest BCUT2D eigenvalue weighted by Crippen LogP contribution is 2.15. The van der Waals surface area contributed by atoms with Crippen molar-refractivity contribution in [2.45, 2.75) is 264 Å². The Hall–Kier alpha value is -1.92. The van der Waals surface area contributed by atoms with Crippen LogP contribution < -0.4 is 5.32 Å². The Bertz CT molecular complexity index is 931. The number of nitrogens with one attached hydrogen (secondary N) is 1. The molecular formula is C51H95NO5. The first-order chi connectivity index (χ1) is 28.0. The van der Waals surface area contributed by atoms with Crippen molar-refractivity contribution < 1.29 is 24.5 Å². The highest BCUT2D eigenvalue weighted by Gasteiger charge is 2.18. The molecule has 0 rings (SSSR count). The first kappa shape index (κ1) is 55.1. The molecule has 2 atom stereocenters. The molecule has 0 fully saturated rings. The Morgan fingerprint density at radius 3 is 1.30 bits per heavy atom. The molecule has 2 unspecified atom stereocenters. The summed E-state index contributed by atoms with van der Waals surface area (Å²) < 4.78 is 5.42.